The highest BCUT2D eigenvalue weighted by atomic mass is 32.1. The van der Waals surface area contributed by atoms with E-state index in [1.54, 1.807) is 0 Å². The number of hydrogen-bond donors (Lipinski definition) is 1. The van der Waals surface area contributed by atoms with Gasteiger partial charge in [-0.1, -0.05) is 127 Å². The standard InChI is InChI=1S/C46H30N2S/c1-2-12-31(13-3-1)38-28-32(25-27-39(38)47-40-19-11-23-45-46(40)37-18-7-9-22-44(37)49-45)33-24-26-36-35-17-6-8-20-42(35)48(43(36)29-33)41-21-10-15-30-14-4-5-16-34(30)41/h1-29,47H. The number of nitrogens with zero attached hydrogens (tertiary/aromatic N) is 1. The van der Waals surface area contributed by atoms with Crippen molar-refractivity contribution in [2.24, 2.45) is 0 Å². The van der Waals surface area contributed by atoms with E-state index in [0.717, 1.165) is 11.4 Å². The van der Waals surface area contributed by atoms with Crippen molar-refractivity contribution in [3.8, 4) is 27.9 Å². The highest BCUT2D eigenvalue weighted by Crippen LogP contribution is 2.42. The Bertz CT molecular complexity index is 2850. The normalized spacial score (nSPS) is 11.7. The number of nitrogens with one attached hydrogen (secondary N) is 1. The molecular formula is C46H30N2S. The van der Waals surface area contributed by atoms with Crippen LogP contribution in [0.3, 0.4) is 0 Å². The zero-order valence-electron chi connectivity index (χ0n) is 26.6. The van der Waals surface area contributed by atoms with Crippen molar-refractivity contribution in [1.29, 1.82) is 0 Å². The molecule has 0 saturated heterocycles. The van der Waals surface area contributed by atoms with Gasteiger partial charge in [0.15, 0.2) is 0 Å². The van der Waals surface area contributed by atoms with Crippen molar-refractivity contribution in [2.45, 2.75) is 0 Å². The van der Waals surface area contributed by atoms with Gasteiger partial charge >= 0.3 is 0 Å². The number of anilines is 2. The van der Waals surface area contributed by atoms with Gasteiger partial charge in [0.25, 0.3) is 0 Å². The smallest absolute Gasteiger partial charge is 0.0547 e. The van der Waals surface area contributed by atoms with E-state index in [1.807, 2.05) is 11.3 Å². The minimum atomic E-state index is 1.09. The molecule has 10 aromatic rings. The van der Waals surface area contributed by atoms with E-state index in [0.29, 0.717) is 0 Å². The fourth-order valence-electron chi connectivity index (χ4n) is 7.53. The summed E-state index contributed by atoms with van der Waals surface area (Å²) in [5.74, 6) is 0. The molecule has 49 heavy (non-hydrogen) atoms. The van der Waals surface area contributed by atoms with Crippen LogP contribution >= 0.6 is 11.3 Å². The van der Waals surface area contributed by atoms with E-state index in [2.05, 4.69) is 186 Å². The summed E-state index contributed by atoms with van der Waals surface area (Å²) in [5.41, 5.74) is 10.5. The Morgan fingerprint density at radius 3 is 2.00 bits per heavy atom. The summed E-state index contributed by atoms with van der Waals surface area (Å²) < 4.78 is 5.04. The first-order valence-corrected chi connectivity index (χ1v) is 17.5. The van der Waals surface area contributed by atoms with Crippen LogP contribution in [0.5, 0.6) is 0 Å². The Balaban J connectivity index is 1.16. The Kier molecular flexibility index (Phi) is 6.39. The minimum absolute atomic E-state index is 1.09. The van der Waals surface area contributed by atoms with Crippen molar-refractivity contribution in [3.05, 3.63) is 176 Å². The number of thiophene rings is 1. The SMILES string of the molecule is c1ccc(-c2cc(-c3ccc4c5ccccc5n(-c5cccc6ccccc56)c4c3)ccc2Nc2cccc3sc4ccccc4c23)cc1. The van der Waals surface area contributed by atoms with Crippen LogP contribution in [0.4, 0.5) is 11.4 Å². The lowest BCUT2D eigenvalue weighted by atomic mass is 9.96. The highest BCUT2D eigenvalue weighted by molar-refractivity contribution is 7.26. The van der Waals surface area contributed by atoms with Gasteiger partial charge in [0.1, 0.15) is 0 Å². The van der Waals surface area contributed by atoms with E-state index >= 15 is 0 Å². The summed E-state index contributed by atoms with van der Waals surface area (Å²) in [6.45, 7) is 0. The number of hydrogen-bond acceptors (Lipinski definition) is 2. The first-order valence-electron chi connectivity index (χ1n) is 16.7. The van der Waals surface area contributed by atoms with Crippen LogP contribution in [0.15, 0.2) is 176 Å². The van der Waals surface area contributed by atoms with Crippen molar-refractivity contribution >= 4 is 75.5 Å². The first-order chi connectivity index (χ1) is 24.3. The molecule has 2 nitrogen and oxygen atoms in total. The highest BCUT2D eigenvalue weighted by Gasteiger charge is 2.17. The van der Waals surface area contributed by atoms with Crippen LogP contribution < -0.4 is 5.32 Å². The number of fused-ring (bicyclic) bond motifs is 7. The first kappa shape index (κ1) is 27.9. The molecule has 0 spiro atoms. The maximum absolute atomic E-state index is 3.87. The van der Waals surface area contributed by atoms with Gasteiger partial charge in [0, 0.05) is 53.3 Å². The molecule has 2 aromatic heterocycles. The van der Waals surface area contributed by atoms with E-state index < -0.39 is 0 Å². The molecule has 0 amide bonds. The van der Waals surface area contributed by atoms with Crippen molar-refractivity contribution in [2.75, 3.05) is 5.32 Å². The zero-order valence-corrected chi connectivity index (χ0v) is 27.4. The van der Waals surface area contributed by atoms with Crippen molar-refractivity contribution < 1.29 is 0 Å². The molecule has 3 heteroatoms. The molecular weight excluding hydrogens is 613 g/mol. The molecule has 0 fully saturated rings. The van der Waals surface area contributed by atoms with Gasteiger partial charge < -0.3 is 9.88 Å². The monoisotopic (exact) mass is 642 g/mol. The van der Waals surface area contributed by atoms with Gasteiger partial charge in [-0.3, -0.25) is 0 Å². The molecule has 0 unspecified atom stereocenters. The maximum Gasteiger partial charge on any atom is 0.0547 e. The molecule has 8 aromatic carbocycles. The van der Waals surface area contributed by atoms with Crippen LogP contribution in [-0.2, 0) is 0 Å². The largest absolute Gasteiger partial charge is 0.354 e. The Morgan fingerprint density at radius 2 is 1.08 bits per heavy atom. The van der Waals surface area contributed by atoms with Crippen LogP contribution in [0, 0.1) is 0 Å². The van der Waals surface area contributed by atoms with E-state index in [1.165, 1.54) is 80.7 Å². The molecule has 0 bridgehead atoms. The van der Waals surface area contributed by atoms with Crippen molar-refractivity contribution in [3.63, 3.8) is 0 Å². The Labute approximate surface area is 288 Å². The predicted octanol–water partition coefficient (Wildman–Crippen LogP) is 13.4. The van der Waals surface area contributed by atoms with E-state index in [4.69, 9.17) is 0 Å². The van der Waals surface area contributed by atoms with E-state index in [-0.39, 0.29) is 0 Å². The quantitative estimate of drug-likeness (QED) is 0.198. The average molecular weight is 643 g/mol. The third-order valence-corrected chi connectivity index (χ3v) is 10.9. The Morgan fingerprint density at radius 1 is 0.408 bits per heavy atom. The number of rotatable bonds is 5. The molecule has 0 aliphatic carbocycles. The van der Waals surface area contributed by atoms with Crippen molar-refractivity contribution in [1.82, 2.24) is 4.57 Å². The van der Waals surface area contributed by atoms with Crippen LogP contribution in [-0.4, -0.2) is 4.57 Å². The summed E-state index contributed by atoms with van der Waals surface area (Å²) in [6, 6.07) is 63.8. The number of aromatic nitrogens is 1. The summed E-state index contributed by atoms with van der Waals surface area (Å²) in [7, 11) is 0. The summed E-state index contributed by atoms with van der Waals surface area (Å²) in [5, 5.41) is 11.4. The third kappa shape index (κ3) is 4.55. The molecule has 1 N–H and O–H groups in total. The zero-order chi connectivity index (χ0) is 32.3. The molecule has 0 atom stereocenters. The molecule has 0 aliphatic heterocycles. The fourth-order valence-corrected chi connectivity index (χ4v) is 8.66. The summed E-state index contributed by atoms with van der Waals surface area (Å²) >= 11 is 1.85. The second-order valence-electron chi connectivity index (χ2n) is 12.6. The minimum Gasteiger partial charge on any atom is -0.354 e. The average Bonchev–Trinajstić information content (AvgIpc) is 3.71. The van der Waals surface area contributed by atoms with Gasteiger partial charge in [0.2, 0.25) is 0 Å². The molecule has 0 saturated carbocycles. The summed E-state index contributed by atoms with van der Waals surface area (Å²) in [6.07, 6.45) is 0. The molecule has 230 valence electrons. The molecule has 0 aliphatic rings. The second kappa shape index (κ2) is 11.2. The van der Waals surface area contributed by atoms with Crippen LogP contribution in [0.2, 0.25) is 0 Å². The predicted molar refractivity (Wildman–Crippen MR) is 212 cm³/mol. The van der Waals surface area contributed by atoms with Gasteiger partial charge in [0.05, 0.1) is 16.7 Å². The summed E-state index contributed by atoms with van der Waals surface area (Å²) in [4.78, 5) is 0. The van der Waals surface area contributed by atoms with Gasteiger partial charge in [-0.15, -0.1) is 11.3 Å². The maximum atomic E-state index is 3.87. The third-order valence-electron chi connectivity index (χ3n) is 9.79. The van der Waals surface area contributed by atoms with E-state index in [9.17, 15) is 0 Å². The number of para-hydroxylation sites is 1. The number of benzene rings is 8. The topological polar surface area (TPSA) is 17.0 Å². The van der Waals surface area contributed by atoms with Gasteiger partial charge in [-0.25, -0.2) is 0 Å². The lowest BCUT2D eigenvalue weighted by Crippen LogP contribution is -1.96. The molecule has 10 rings (SSSR count). The van der Waals surface area contributed by atoms with Gasteiger partial charge in [-0.2, -0.15) is 0 Å². The second-order valence-corrected chi connectivity index (χ2v) is 13.7. The van der Waals surface area contributed by atoms with Crippen LogP contribution in [0.1, 0.15) is 0 Å². The van der Waals surface area contributed by atoms with Crippen LogP contribution in [0.25, 0.3) is 80.7 Å². The molecule has 0 radical (unpaired) electrons. The Hall–Kier alpha value is -6.16. The molecule has 2 heterocycles. The van der Waals surface area contributed by atoms with Gasteiger partial charge in [-0.05, 0) is 70.6 Å². The fraction of sp³-hybridized carbons (Fsp3) is 0. The lowest BCUT2D eigenvalue weighted by molar-refractivity contribution is 1.20. The lowest BCUT2D eigenvalue weighted by Gasteiger charge is -2.16.